The molecule has 0 unspecified atom stereocenters. The molecule has 212 valence electrons. The lowest BCUT2D eigenvalue weighted by Gasteiger charge is -2.19. The van der Waals surface area contributed by atoms with Gasteiger partial charge in [-0.2, -0.15) is 5.10 Å². The lowest BCUT2D eigenvalue weighted by molar-refractivity contribution is 0.0518. The number of nitrogens with zero attached hydrogens (tertiary/aromatic N) is 3. The normalized spacial score (nSPS) is 11.1. The van der Waals surface area contributed by atoms with Gasteiger partial charge >= 0.3 is 12.1 Å². The number of hydrogen-bond donors (Lipinski definition) is 2. The maximum Gasteiger partial charge on any atom is 0.413 e. The van der Waals surface area contributed by atoms with Crippen LogP contribution in [0, 0.1) is 0 Å². The molecular weight excluding hydrogens is 569 g/mol. The van der Waals surface area contributed by atoms with E-state index in [4.69, 9.17) is 32.7 Å². The van der Waals surface area contributed by atoms with Gasteiger partial charge in [0, 0.05) is 11.6 Å². The number of benzene rings is 2. The summed E-state index contributed by atoms with van der Waals surface area (Å²) >= 11 is 12.9. The van der Waals surface area contributed by atoms with Crippen molar-refractivity contribution in [3.63, 3.8) is 0 Å². The molecule has 0 atom stereocenters. The summed E-state index contributed by atoms with van der Waals surface area (Å²) in [6, 6.07) is 18.3. The topological polar surface area (TPSA) is 124 Å². The van der Waals surface area contributed by atoms with Crippen molar-refractivity contribution in [2.24, 2.45) is 0 Å². The van der Waals surface area contributed by atoms with Crippen LogP contribution in [0.25, 0.3) is 16.9 Å². The maximum absolute atomic E-state index is 13.5. The molecule has 0 bridgehead atoms. The van der Waals surface area contributed by atoms with Crippen molar-refractivity contribution in [3.8, 4) is 16.9 Å². The average molecular weight is 596 g/mol. The third-order valence-electron chi connectivity index (χ3n) is 5.39. The van der Waals surface area contributed by atoms with Gasteiger partial charge in [-0.15, -0.1) is 0 Å². The van der Waals surface area contributed by atoms with Gasteiger partial charge in [-0.25, -0.2) is 19.3 Å². The number of aromatic nitrogens is 3. The second-order valence-corrected chi connectivity index (χ2v) is 10.5. The Morgan fingerprint density at radius 3 is 2.34 bits per heavy atom. The molecule has 4 aromatic rings. The van der Waals surface area contributed by atoms with Crippen molar-refractivity contribution in [1.29, 1.82) is 0 Å². The molecule has 4 rings (SSSR count). The Hall–Kier alpha value is -4.41. The van der Waals surface area contributed by atoms with Gasteiger partial charge in [-0.05, 0) is 64.1 Å². The van der Waals surface area contributed by atoms with E-state index < -0.39 is 23.6 Å². The third-order valence-corrected chi connectivity index (χ3v) is 6.02. The van der Waals surface area contributed by atoms with Gasteiger partial charge in [-0.1, -0.05) is 47.5 Å². The van der Waals surface area contributed by atoms with Gasteiger partial charge in [0.2, 0.25) is 0 Å². The van der Waals surface area contributed by atoms with Crippen molar-refractivity contribution in [3.05, 3.63) is 88.0 Å². The highest BCUT2D eigenvalue weighted by Gasteiger charge is 2.22. The van der Waals surface area contributed by atoms with E-state index in [1.807, 2.05) is 6.07 Å². The number of esters is 1. The number of ether oxygens (including phenoxy) is 2. The fourth-order valence-corrected chi connectivity index (χ4v) is 4.27. The zero-order chi connectivity index (χ0) is 29.7. The first-order valence-corrected chi connectivity index (χ1v) is 13.3. The molecule has 2 aromatic carbocycles. The Balaban J connectivity index is 1.65. The Morgan fingerprint density at radius 1 is 0.927 bits per heavy atom. The van der Waals surface area contributed by atoms with Crippen LogP contribution in [-0.4, -0.2) is 44.9 Å². The van der Waals surface area contributed by atoms with Crippen LogP contribution < -0.4 is 10.6 Å². The molecule has 2 N–H and O–H groups in total. The predicted molar refractivity (Wildman–Crippen MR) is 157 cm³/mol. The molecule has 0 radical (unpaired) electrons. The van der Waals surface area contributed by atoms with Crippen molar-refractivity contribution < 1.29 is 23.9 Å². The van der Waals surface area contributed by atoms with Crippen LogP contribution >= 0.6 is 23.2 Å². The second-order valence-electron chi connectivity index (χ2n) is 9.68. The first kappa shape index (κ1) is 29.6. The lowest BCUT2D eigenvalue weighted by atomic mass is 10.1. The number of carbonyl (C=O) groups is 3. The molecule has 10 nitrogen and oxygen atoms in total. The summed E-state index contributed by atoms with van der Waals surface area (Å²) < 4.78 is 11.8. The molecule has 0 aliphatic heterocycles. The highest BCUT2D eigenvalue weighted by Crippen LogP contribution is 2.33. The van der Waals surface area contributed by atoms with E-state index >= 15 is 0 Å². The van der Waals surface area contributed by atoms with E-state index in [9.17, 15) is 14.4 Å². The molecule has 41 heavy (non-hydrogen) atoms. The predicted octanol–water partition coefficient (Wildman–Crippen LogP) is 7.02. The molecule has 2 aromatic heterocycles. The number of para-hydroxylation sites is 1. The maximum atomic E-state index is 13.5. The third kappa shape index (κ3) is 7.41. The molecule has 0 aliphatic carbocycles. The largest absolute Gasteiger partial charge is 0.461 e. The summed E-state index contributed by atoms with van der Waals surface area (Å²) in [5, 5.41) is 10.0. The SMILES string of the molecule is CCOC(=O)c1cc(NC(=O)c2cc(-c3cccc(NC(=O)OC(C)(C)C)n3)c(Cl)cc2Cl)n(-c2ccccc2)n1. The van der Waals surface area contributed by atoms with Crippen LogP contribution in [0.1, 0.15) is 48.5 Å². The van der Waals surface area contributed by atoms with E-state index in [0.717, 1.165) is 0 Å². The molecule has 0 spiro atoms. The Morgan fingerprint density at radius 2 is 1.66 bits per heavy atom. The van der Waals surface area contributed by atoms with Crippen molar-refractivity contribution in [2.75, 3.05) is 17.2 Å². The molecule has 2 heterocycles. The summed E-state index contributed by atoms with van der Waals surface area (Å²) in [6.07, 6.45) is -0.665. The minimum atomic E-state index is -0.684. The van der Waals surface area contributed by atoms with Gasteiger partial charge in [0.25, 0.3) is 5.91 Å². The first-order valence-electron chi connectivity index (χ1n) is 12.6. The molecule has 12 heteroatoms. The monoisotopic (exact) mass is 595 g/mol. The van der Waals surface area contributed by atoms with Crippen LogP contribution in [0.5, 0.6) is 0 Å². The molecule has 0 saturated heterocycles. The molecular formula is C29H27Cl2N5O5. The summed E-state index contributed by atoms with van der Waals surface area (Å²) in [4.78, 5) is 42.5. The zero-order valence-corrected chi connectivity index (χ0v) is 24.2. The van der Waals surface area contributed by atoms with Gasteiger partial charge in [-0.3, -0.25) is 10.1 Å². The number of hydrogen-bond acceptors (Lipinski definition) is 7. The van der Waals surface area contributed by atoms with Crippen molar-refractivity contribution in [2.45, 2.75) is 33.3 Å². The molecule has 2 amide bonds. The summed E-state index contributed by atoms with van der Waals surface area (Å²) in [5.41, 5.74) is 0.825. The summed E-state index contributed by atoms with van der Waals surface area (Å²) in [6.45, 7) is 7.11. The first-order chi connectivity index (χ1) is 19.4. The van der Waals surface area contributed by atoms with Crippen LogP contribution in [0.15, 0.2) is 66.7 Å². The fraction of sp³-hybridized carbons (Fsp3) is 0.207. The van der Waals surface area contributed by atoms with Crippen LogP contribution in [0.3, 0.4) is 0 Å². The van der Waals surface area contributed by atoms with E-state index in [0.29, 0.717) is 16.9 Å². The van der Waals surface area contributed by atoms with Gasteiger partial charge < -0.3 is 14.8 Å². The van der Waals surface area contributed by atoms with Crippen molar-refractivity contribution in [1.82, 2.24) is 14.8 Å². The number of rotatable bonds is 7. The van der Waals surface area contributed by atoms with E-state index in [2.05, 4.69) is 20.7 Å². The van der Waals surface area contributed by atoms with Gasteiger partial charge in [0.1, 0.15) is 17.2 Å². The summed E-state index contributed by atoms with van der Waals surface area (Å²) in [5.74, 6) is -0.760. The highest BCUT2D eigenvalue weighted by atomic mass is 35.5. The second kappa shape index (κ2) is 12.4. The average Bonchev–Trinajstić information content (AvgIpc) is 3.32. The number of carbonyl (C=O) groups excluding carboxylic acids is 3. The highest BCUT2D eigenvalue weighted by molar-refractivity contribution is 6.38. The van der Waals surface area contributed by atoms with Crippen LogP contribution in [-0.2, 0) is 9.47 Å². The number of amides is 2. The Kier molecular flexibility index (Phi) is 8.95. The van der Waals surface area contributed by atoms with Crippen LogP contribution in [0.2, 0.25) is 10.0 Å². The lowest BCUT2D eigenvalue weighted by Crippen LogP contribution is -2.27. The number of anilines is 2. The fourth-order valence-electron chi connectivity index (χ4n) is 3.71. The molecule has 0 saturated carbocycles. The van der Waals surface area contributed by atoms with Crippen molar-refractivity contribution >= 4 is 52.8 Å². The Bertz CT molecular complexity index is 1600. The van der Waals surface area contributed by atoms with Gasteiger partial charge in [0.15, 0.2) is 5.69 Å². The number of nitrogens with one attached hydrogen (secondary N) is 2. The van der Waals surface area contributed by atoms with Crippen LogP contribution in [0.4, 0.5) is 16.4 Å². The molecule has 0 fully saturated rings. The summed E-state index contributed by atoms with van der Waals surface area (Å²) in [7, 11) is 0. The number of halogens is 2. The quantitative estimate of drug-likeness (QED) is 0.220. The minimum Gasteiger partial charge on any atom is -0.461 e. The standard InChI is InChI=1S/C29H27Cl2N5O5/c1-5-40-27(38)23-16-25(36(35-23)17-10-7-6-8-11-17)34-26(37)19-14-18(20(30)15-21(19)31)22-12-9-13-24(32-22)33-28(39)41-29(2,3)4/h6-16H,5H2,1-4H3,(H,34,37)(H,32,33,39). The number of pyridine rings is 1. The van der Waals surface area contributed by atoms with E-state index in [-0.39, 0.29) is 39.5 Å². The van der Waals surface area contributed by atoms with Gasteiger partial charge in [0.05, 0.1) is 33.6 Å². The zero-order valence-electron chi connectivity index (χ0n) is 22.7. The Labute approximate surface area is 246 Å². The smallest absolute Gasteiger partial charge is 0.413 e. The minimum absolute atomic E-state index is 0.0207. The molecule has 0 aliphatic rings. The van der Waals surface area contributed by atoms with E-state index in [1.54, 1.807) is 70.2 Å². The van der Waals surface area contributed by atoms with E-state index in [1.165, 1.54) is 22.9 Å².